The highest BCUT2D eigenvalue weighted by Gasteiger charge is 2.34. The molecule has 1 saturated heterocycles. The van der Waals surface area contributed by atoms with E-state index >= 15 is 0 Å². The summed E-state index contributed by atoms with van der Waals surface area (Å²) in [5.41, 5.74) is 5.12. The van der Waals surface area contributed by atoms with Gasteiger partial charge in [0.25, 0.3) is 5.56 Å². The molecule has 0 aromatic carbocycles. The third-order valence-electron chi connectivity index (χ3n) is 4.08. The first-order valence-electron chi connectivity index (χ1n) is 6.58. The van der Waals surface area contributed by atoms with Gasteiger partial charge >= 0.3 is 5.69 Å². The molecule has 2 N–H and O–H groups in total. The Balaban J connectivity index is 2.28. The average Bonchev–Trinajstić information content (AvgIpc) is 2.49. The van der Waals surface area contributed by atoms with Crippen LogP contribution in [0.4, 0.5) is 5.82 Å². The molecule has 1 aliphatic heterocycles. The summed E-state index contributed by atoms with van der Waals surface area (Å²) < 4.78 is 2.40. The first kappa shape index (κ1) is 15.1. The zero-order valence-electron chi connectivity index (χ0n) is 12.1. The zero-order chi connectivity index (χ0) is 14.9. The number of piperidine rings is 1. The predicted molar refractivity (Wildman–Crippen MR) is 81.5 cm³/mol. The van der Waals surface area contributed by atoms with Crippen LogP contribution in [-0.2, 0) is 14.1 Å². The minimum atomic E-state index is -0.406. The molecule has 0 radical (unpaired) electrons. The van der Waals surface area contributed by atoms with Crippen LogP contribution in [0, 0.1) is 0 Å². The van der Waals surface area contributed by atoms with Crippen molar-refractivity contribution in [3.05, 3.63) is 20.8 Å². The minimum Gasteiger partial charge on any atom is -0.350 e. The fourth-order valence-electron chi connectivity index (χ4n) is 2.50. The van der Waals surface area contributed by atoms with Gasteiger partial charge in [-0.05, 0) is 19.1 Å². The van der Waals surface area contributed by atoms with Crippen molar-refractivity contribution in [3.63, 3.8) is 0 Å². The average molecular weight is 299 g/mol. The fraction of sp³-hybridized carbons (Fsp3) is 0.750. The van der Waals surface area contributed by atoms with Crippen LogP contribution < -0.4 is 21.9 Å². The maximum Gasteiger partial charge on any atom is 0.346 e. The van der Waals surface area contributed by atoms with Gasteiger partial charge in [-0.2, -0.15) is 11.8 Å². The quantitative estimate of drug-likeness (QED) is 0.781. The Hall–Kier alpha value is -1.28. The lowest BCUT2D eigenvalue weighted by atomic mass is 9.96. The Labute approximate surface area is 121 Å². The van der Waals surface area contributed by atoms with E-state index in [-0.39, 0.29) is 10.3 Å². The second-order valence-electron chi connectivity index (χ2n) is 5.17. The van der Waals surface area contributed by atoms with Crippen LogP contribution >= 0.6 is 11.8 Å². The molecule has 0 bridgehead atoms. The van der Waals surface area contributed by atoms with Crippen molar-refractivity contribution < 1.29 is 0 Å². The summed E-state index contributed by atoms with van der Waals surface area (Å²) in [4.78, 5) is 25.8. The number of nitrogens with zero attached hydrogens (tertiary/aromatic N) is 4. The van der Waals surface area contributed by atoms with Gasteiger partial charge in [-0.15, -0.1) is 5.10 Å². The van der Waals surface area contributed by atoms with E-state index in [1.165, 1.54) is 11.7 Å². The Kier molecular flexibility index (Phi) is 4.24. The number of hydrogen-bond acceptors (Lipinski definition) is 6. The van der Waals surface area contributed by atoms with E-state index in [0.717, 1.165) is 30.5 Å². The summed E-state index contributed by atoms with van der Waals surface area (Å²) in [6.45, 7) is 2.11. The van der Waals surface area contributed by atoms with E-state index < -0.39 is 5.69 Å². The third kappa shape index (κ3) is 2.49. The van der Waals surface area contributed by atoms with Gasteiger partial charge in [-0.1, -0.05) is 0 Å². The highest BCUT2D eigenvalue weighted by molar-refractivity contribution is 8.00. The maximum absolute atomic E-state index is 12.2. The second-order valence-corrected chi connectivity index (χ2v) is 6.45. The van der Waals surface area contributed by atoms with Crippen LogP contribution in [0.2, 0.25) is 0 Å². The Bertz CT molecular complexity index is 595. The maximum atomic E-state index is 12.2. The molecule has 2 rings (SSSR count). The predicted octanol–water partition coefficient (Wildman–Crippen LogP) is -0.860. The molecule has 0 amide bonds. The van der Waals surface area contributed by atoms with Crippen molar-refractivity contribution in [2.75, 3.05) is 30.8 Å². The number of nitrogens with two attached hydrogens (primary N) is 1. The molecule has 20 heavy (non-hydrogen) atoms. The Morgan fingerprint density at radius 3 is 2.40 bits per heavy atom. The molecule has 1 aliphatic rings. The van der Waals surface area contributed by atoms with Crippen molar-refractivity contribution in [3.8, 4) is 0 Å². The number of aryl methyl sites for hydroxylation is 1. The summed E-state index contributed by atoms with van der Waals surface area (Å²) in [7, 11) is 3.03. The summed E-state index contributed by atoms with van der Waals surface area (Å²) in [6.07, 6.45) is 3.91. The third-order valence-corrected chi connectivity index (χ3v) is 5.52. The minimum absolute atomic E-state index is 0.0996. The van der Waals surface area contributed by atoms with Gasteiger partial charge in [0.2, 0.25) is 5.82 Å². The van der Waals surface area contributed by atoms with Gasteiger partial charge in [0.15, 0.2) is 0 Å². The topological polar surface area (TPSA) is 86.2 Å². The van der Waals surface area contributed by atoms with Crippen LogP contribution in [-0.4, -0.2) is 45.0 Å². The van der Waals surface area contributed by atoms with E-state index in [0.29, 0.717) is 12.4 Å². The molecule has 0 unspecified atom stereocenters. The molecule has 2 heterocycles. The van der Waals surface area contributed by atoms with E-state index in [9.17, 15) is 9.59 Å². The lowest BCUT2D eigenvalue weighted by Crippen LogP contribution is -2.50. The van der Waals surface area contributed by atoms with Crippen LogP contribution in [0.25, 0.3) is 0 Å². The smallest absolute Gasteiger partial charge is 0.346 e. The SMILES string of the molecule is CSC1(CN)CCN(c2nn(C)c(=O)n(C)c2=O)CC1. The molecule has 8 heteroatoms. The fourth-order valence-corrected chi connectivity index (χ4v) is 3.26. The Morgan fingerprint density at radius 2 is 1.90 bits per heavy atom. The van der Waals surface area contributed by atoms with Crippen molar-refractivity contribution >= 4 is 17.6 Å². The van der Waals surface area contributed by atoms with Crippen molar-refractivity contribution in [2.45, 2.75) is 17.6 Å². The molecule has 0 aliphatic carbocycles. The number of thioether (sulfide) groups is 1. The van der Waals surface area contributed by atoms with Crippen molar-refractivity contribution in [2.24, 2.45) is 19.8 Å². The molecule has 0 spiro atoms. The van der Waals surface area contributed by atoms with Crippen molar-refractivity contribution in [1.29, 1.82) is 0 Å². The van der Waals surface area contributed by atoms with Crippen molar-refractivity contribution in [1.82, 2.24) is 14.3 Å². The van der Waals surface area contributed by atoms with Crippen LogP contribution in [0.5, 0.6) is 0 Å². The standard InChI is InChI=1S/C12H21N5O2S/c1-15-10(18)9(14-16(2)11(15)19)17-6-4-12(8-13,20-3)5-7-17/h4-8,13H2,1-3H3. The van der Waals surface area contributed by atoms with Crippen LogP contribution in [0.3, 0.4) is 0 Å². The van der Waals surface area contributed by atoms with Gasteiger partial charge < -0.3 is 10.6 Å². The normalized spacial score (nSPS) is 18.3. The van der Waals surface area contributed by atoms with Gasteiger partial charge in [0.1, 0.15) is 0 Å². The molecule has 1 aromatic rings. The molecular weight excluding hydrogens is 278 g/mol. The highest BCUT2D eigenvalue weighted by atomic mass is 32.2. The molecule has 7 nitrogen and oxygen atoms in total. The molecule has 1 aromatic heterocycles. The van der Waals surface area contributed by atoms with E-state index in [2.05, 4.69) is 11.4 Å². The molecule has 0 saturated carbocycles. The molecule has 1 fully saturated rings. The van der Waals surface area contributed by atoms with Gasteiger partial charge in [-0.25, -0.2) is 9.48 Å². The lowest BCUT2D eigenvalue weighted by Gasteiger charge is -2.40. The first-order valence-corrected chi connectivity index (χ1v) is 7.81. The second kappa shape index (κ2) is 5.61. The summed E-state index contributed by atoms with van der Waals surface area (Å²) >= 11 is 1.79. The van der Waals surface area contributed by atoms with Crippen LogP contribution in [0.15, 0.2) is 9.59 Å². The molecular formula is C12H21N5O2S. The number of rotatable bonds is 3. The van der Waals surface area contributed by atoms with Gasteiger partial charge in [0.05, 0.1) is 0 Å². The monoisotopic (exact) mass is 299 g/mol. The first-order chi connectivity index (χ1) is 9.44. The highest BCUT2D eigenvalue weighted by Crippen LogP contribution is 2.33. The van der Waals surface area contributed by atoms with Gasteiger partial charge in [-0.3, -0.25) is 9.36 Å². The van der Waals surface area contributed by atoms with E-state index in [1.807, 2.05) is 4.90 Å². The Morgan fingerprint density at radius 1 is 1.30 bits per heavy atom. The zero-order valence-corrected chi connectivity index (χ0v) is 12.9. The van der Waals surface area contributed by atoms with Gasteiger partial charge in [0, 0.05) is 38.5 Å². The summed E-state index contributed by atoms with van der Waals surface area (Å²) in [5.74, 6) is 0.348. The summed E-state index contributed by atoms with van der Waals surface area (Å²) in [5, 5.41) is 4.11. The molecule has 112 valence electrons. The van der Waals surface area contributed by atoms with Crippen LogP contribution in [0.1, 0.15) is 12.8 Å². The number of hydrogen-bond donors (Lipinski definition) is 1. The largest absolute Gasteiger partial charge is 0.350 e. The number of anilines is 1. The lowest BCUT2D eigenvalue weighted by molar-refractivity contribution is 0.448. The van der Waals surface area contributed by atoms with E-state index in [4.69, 9.17) is 5.73 Å². The summed E-state index contributed by atoms with van der Waals surface area (Å²) in [6, 6.07) is 0. The molecule has 0 atom stereocenters. The number of aromatic nitrogens is 3. The van der Waals surface area contributed by atoms with E-state index in [1.54, 1.807) is 18.8 Å².